The van der Waals surface area contributed by atoms with Gasteiger partial charge in [-0.1, -0.05) is 48.2 Å². The zero-order valence-corrected chi connectivity index (χ0v) is 10.4. The molecular formula is C12H16Cl2O. The normalized spacial score (nSPS) is 35.4. The minimum Gasteiger partial charge on any atom is -0.296 e. The molecule has 0 aromatic carbocycles. The van der Waals surface area contributed by atoms with Gasteiger partial charge in [0.15, 0.2) is 10.1 Å². The summed E-state index contributed by atoms with van der Waals surface area (Å²) in [7, 11) is 0. The van der Waals surface area contributed by atoms with Crippen LogP contribution in [0.5, 0.6) is 0 Å². The summed E-state index contributed by atoms with van der Waals surface area (Å²) in [6, 6.07) is 0. The van der Waals surface area contributed by atoms with Gasteiger partial charge in [0.1, 0.15) is 0 Å². The lowest BCUT2D eigenvalue weighted by molar-refractivity contribution is -0.123. The highest BCUT2D eigenvalue weighted by Crippen LogP contribution is 2.47. The Bertz CT molecular complexity index is 307. The third-order valence-corrected chi connectivity index (χ3v) is 4.50. The molecule has 1 nitrogen and oxygen atoms in total. The van der Waals surface area contributed by atoms with E-state index in [9.17, 15) is 4.79 Å². The van der Waals surface area contributed by atoms with Gasteiger partial charge in [0.25, 0.3) is 0 Å². The van der Waals surface area contributed by atoms with Gasteiger partial charge in [-0.3, -0.25) is 4.79 Å². The van der Waals surface area contributed by atoms with Crippen molar-refractivity contribution >= 4 is 29.0 Å². The maximum absolute atomic E-state index is 12.0. The van der Waals surface area contributed by atoms with Crippen LogP contribution in [0, 0.1) is 11.8 Å². The number of ketones is 1. The van der Waals surface area contributed by atoms with E-state index in [1.54, 1.807) is 0 Å². The number of hydrogen-bond acceptors (Lipinski definition) is 1. The van der Waals surface area contributed by atoms with Crippen molar-refractivity contribution in [2.75, 3.05) is 0 Å². The summed E-state index contributed by atoms with van der Waals surface area (Å²) in [5.41, 5.74) is 1.31. The molecule has 0 amide bonds. The minimum atomic E-state index is -1.18. The zero-order chi connectivity index (χ0) is 11.1. The van der Waals surface area contributed by atoms with Crippen LogP contribution in [0.1, 0.15) is 39.0 Å². The number of fused-ring (bicyclic) bond motifs is 1. The number of halogens is 2. The Labute approximate surface area is 101 Å². The molecular weight excluding hydrogens is 231 g/mol. The summed E-state index contributed by atoms with van der Waals surface area (Å²) in [5, 5.41) is 0. The first-order valence-corrected chi connectivity index (χ1v) is 6.40. The average Bonchev–Trinajstić information content (AvgIpc) is 2.31. The van der Waals surface area contributed by atoms with E-state index >= 15 is 0 Å². The Morgan fingerprint density at radius 3 is 2.87 bits per heavy atom. The zero-order valence-electron chi connectivity index (χ0n) is 8.93. The molecule has 1 fully saturated rings. The van der Waals surface area contributed by atoms with Gasteiger partial charge in [0, 0.05) is 11.8 Å². The fourth-order valence-electron chi connectivity index (χ4n) is 2.63. The van der Waals surface area contributed by atoms with E-state index in [-0.39, 0.29) is 17.6 Å². The van der Waals surface area contributed by atoms with Crippen molar-refractivity contribution in [2.45, 2.75) is 43.4 Å². The summed E-state index contributed by atoms with van der Waals surface area (Å²) in [6.07, 6.45) is 7.34. The molecule has 0 aromatic rings. The number of Topliss-reactive ketones (excluding diaryl/α,β-unsaturated/α-hetero) is 1. The van der Waals surface area contributed by atoms with Gasteiger partial charge >= 0.3 is 0 Å². The summed E-state index contributed by atoms with van der Waals surface area (Å²) in [4.78, 5) is 12.0. The number of carbonyl (C=O) groups is 1. The van der Waals surface area contributed by atoms with Crippen LogP contribution in [-0.2, 0) is 4.79 Å². The van der Waals surface area contributed by atoms with Crippen LogP contribution in [-0.4, -0.2) is 10.1 Å². The number of allylic oxidation sites excluding steroid dienone is 2. The van der Waals surface area contributed by atoms with Gasteiger partial charge in [-0.05, 0) is 25.7 Å². The highest BCUT2D eigenvalue weighted by molar-refractivity contribution is 6.58. The van der Waals surface area contributed by atoms with Gasteiger partial charge in [0.2, 0.25) is 0 Å². The predicted octanol–water partition coefficient (Wildman–Crippen LogP) is 3.89. The van der Waals surface area contributed by atoms with Crippen molar-refractivity contribution in [3.05, 3.63) is 11.6 Å². The average molecular weight is 247 g/mol. The molecule has 0 bridgehead atoms. The van der Waals surface area contributed by atoms with Gasteiger partial charge in [0.05, 0.1) is 0 Å². The second-order valence-corrected chi connectivity index (χ2v) is 6.09. The first kappa shape index (κ1) is 11.5. The van der Waals surface area contributed by atoms with E-state index in [4.69, 9.17) is 23.2 Å². The molecule has 2 atom stereocenters. The molecule has 0 radical (unpaired) electrons. The van der Waals surface area contributed by atoms with E-state index < -0.39 is 4.33 Å². The van der Waals surface area contributed by atoms with Crippen molar-refractivity contribution in [2.24, 2.45) is 11.8 Å². The lowest BCUT2D eigenvalue weighted by atomic mass is 9.81. The molecule has 1 saturated carbocycles. The van der Waals surface area contributed by atoms with E-state index in [0.29, 0.717) is 0 Å². The number of hydrogen-bond donors (Lipinski definition) is 0. The fraction of sp³-hybridized carbons (Fsp3) is 0.750. The van der Waals surface area contributed by atoms with E-state index in [1.807, 2.05) is 6.92 Å². The standard InChI is InChI=1S/C12H16Cl2O/c1-8-6-7-9-4-2-3-5-10(9)12(13,14)11(8)15/h7-8,10H,2-6H2,1H3/t8-,10+/m0/s1. The van der Waals surface area contributed by atoms with E-state index in [2.05, 4.69) is 6.08 Å². The molecule has 0 unspecified atom stereocenters. The second kappa shape index (κ2) is 4.10. The third-order valence-electron chi connectivity index (χ3n) is 3.60. The lowest BCUT2D eigenvalue weighted by Crippen LogP contribution is -2.38. The molecule has 0 N–H and O–H groups in total. The topological polar surface area (TPSA) is 17.1 Å². The van der Waals surface area contributed by atoms with Crippen molar-refractivity contribution in [3.8, 4) is 0 Å². The molecule has 2 aliphatic rings. The Balaban J connectivity index is 2.35. The van der Waals surface area contributed by atoms with Crippen molar-refractivity contribution < 1.29 is 4.79 Å². The fourth-order valence-corrected chi connectivity index (χ4v) is 3.50. The van der Waals surface area contributed by atoms with Crippen LogP contribution < -0.4 is 0 Å². The lowest BCUT2D eigenvalue weighted by Gasteiger charge is -2.33. The van der Waals surface area contributed by atoms with Crippen molar-refractivity contribution in [1.82, 2.24) is 0 Å². The molecule has 3 heteroatoms. The minimum absolute atomic E-state index is 0.00369. The highest BCUT2D eigenvalue weighted by Gasteiger charge is 2.47. The van der Waals surface area contributed by atoms with Crippen molar-refractivity contribution in [1.29, 1.82) is 0 Å². The smallest absolute Gasteiger partial charge is 0.182 e. The molecule has 84 valence electrons. The summed E-state index contributed by atoms with van der Waals surface area (Å²) < 4.78 is -1.18. The third kappa shape index (κ3) is 1.97. The molecule has 0 heterocycles. The van der Waals surface area contributed by atoms with Gasteiger partial charge in [-0.25, -0.2) is 0 Å². The molecule has 15 heavy (non-hydrogen) atoms. The number of carbonyl (C=O) groups excluding carboxylic acids is 1. The maximum Gasteiger partial charge on any atom is 0.182 e. The van der Waals surface area contributed by atoms with Gasteiger partial charge in [-0.2, -0.15) is 0 Å². The van der Waals surface area contributed by atoms with Gasteiger partial charge in [-0.15, -0.1) is 0 Å². The Morgan fingerprint density at radius 2 is 2.13 bits per heavy atom. The molecule has 0 saturated heterocycles. The quantitative estimate of drug-likeness (QED) is 0.469. The molecule has 0 aromatic heterocycles. The monoisotopic (exact) mass is 246 g/mol. The Hall–Kier alpha value is -0.0100. The Kier molecular flexibility index (Phi) is 3.14. The van der Waals surface area contributed by atoms with Crippen LogP contribution in [0.15, 0.2) is 11.6 Å². The maximum atomic E-state index is 12.0. The highest BCUT2D eigenvalue weighted by atomic mass is 35.5. The summed E-state index contributed by atoms with van der Waals surface area (Å²) in [6.45, 7) is 1.91. The van der Waals surface area contributed by atoms with Crippen molar-refractivity contribution in [3.63, 3.8) is 0 Å². The van der Waals surface area contributed by atoms with E-state index in [1.165, 1.54) is 12.0 Å². The van der Waals surface area contributed by atoms with Crippen LogP contribution in [0.4, 0.5) is 0 Å². The largest absolute Gasteiger partial charge is 0.296 e. The number of alkyl halides is 2. The first-order chi connectivity index (χ1) is 7.03. The summed E-state index contributed by atoms with van der Waals surface area (Å²) >= 11 is 12.5. The van der Waals surface area contributed by atoms with Crippen LogP contribution in [0.3, 0.4) is 0 Å². The van der Waals surface area contributed by atoms with Crippen LogP contribution in [0.2, 0.25) is 0 Å². The van der Waals surface area contributed by atoms with Gasteiger partial charge < -0.3 is 0 Å². The molecule has 0 spiro atoms. The van der Waals surface area contributed by atoms with Crippen LogP contribution in [0.25, 0.3) is 0 Å². The first-order valence-electron chi connectivity index (χ1n) is 5.64. The van der Waals surface area contributed by atoms with E-state index in [0.717, 1.165) is 25.7 Å². The predicted molar refractivity (Wildman–Crippen MR) is 63.3 cm³/mol. The number of rotatable bonds is 0. The second-order valence-electron chi connectivity index (χ2n) is 4.70. The molecule has 0 aliphatic heterocycles. The molecule has 2 rings (SSSR count). The summed E-state index contributed by atoms with van der Waals surface area (Å²) in [5.74, 6) is 0.0223. The van der Waals surface area contributed by atoms with Crippen LogP contribution >= 0.6 is 23.2 Å². The SMILES string of the molecule is C[C@H]1CC=C2CCCC[C@H]2C(Cl)(Cl)C1=O. The molecule has 2 aliphatic carbocycles. The Morgan fingerprint density at radius 1 is 1.40 bits per heavy atom.